The van der Waals surface area contributed by atoms with Crippen LogP contribution in [0.15, 0.2) is 66.7 Å². The van der Waals surface area contributed by atoms with Crippen molar-refractivity contribution in [2.75, 3.05) is 13.2 Å². The van der Waals surface area contributed by atoms with E-state index in [0.717, 1.165) is 48.3 Å². The van der Waals surface area contributed by atoms with Gasteiger partial charge >= 0.3 is 0 Å². The predicted octanol–water partition coefficient (Wildman–Crippen LogP) is 8.47. The number of carboxylic acid groups (broad SMARTS) is 1. The zero-order valence-corrected chi connectivity index (χ0v) is 23.2. The molecule has 0 aromatic heterocycles. The Balaban J connectivity index is 1.60. The molecule has 0 aliphatic heterocycles. The van der Waals surface area contributed by atoms with Gasteiger partial charge in [0.1, 0.15) is 11.5 Å². The van der Waals surface area contributed by atoms with Gasteiger partial charge in [-0.25, -0.2) is 0 Å². The van der Waals surface area contributed by atoms with Crippen LogP contribution < -0.4 is 14.6 Å². The molecule has 4 nitrogen and oxygen atoms in total. The van der Waals surface area contributed by atoms with Crippen molar-refractivity contribution >= 4 is 5.97 Å². The lowest BCUT2D eigenvalue weighted by atomic mass is 9.96. The molecule has 4 heteroatoms. The van der Waals surface area contributed by atoms with Crippen LogP contribution in [-0.2, 0) is 0 Å². The van der Waals surface area contributed by atoms with E-state index in [0.29, 0.717) is 17.9 Å². The van der Waals surface area contributed by atoms with Crippen LogP contribution in [0.2, 0.25) is 0 Å². The van der Waals surface area contributed by atoms with E-state index in [1.165, 1.54) is 51.4 Å². The molecular formula is C34H43O4-. The highest BCUT2D eigenvalue weighted by Crippen LogP contribution is 2.31. The lowest BCUT2D eigenvalue weighted by Crippen LogP contribution is -2.23. The number of ether oxygens (including phenoxy) is 2. The molecule has 3 rings (SSSR count). The van der Waals surface area contributed by atoms with Gasteiger partial charge in [-0.05, 0) is 65.4 Å². The van der Waals surface area contributed by atoms with Gasteiger partial charge in [-0.1, -0.05) is 108 Å². The van der Waals surface area contributed by atoms with Crippen LogP contribution >= 0.6 is 0 Å². The molecule has 3 aromatic carbocycles. The molecule has 0 bridgehead atoms. The van der Waals surface area contributed by atoms with Crippen molar-refractivity contribution in [2.24, 2.45) is 0 Å². The summed E-state index contributed by atoms with van der Waals surface area (Å²) in [6.07, 6.45) is 13.3. The number of aromatic carboxylic acids is 1. The molecular weight excluding hydrogens is 472 g/mol. The highest BCUT2D eigenvalue weighted by molar-refractivity contribution is 5.95. The van der Waals surface area contributed by atoms with Crippen LogP contribution in [0.1, 0.15) is 94.8 Å². The largest absolute Gasteiger partial charge is 0.545 e. The van der Waals surface area contributed by atoms with E-state index >= 15 is 0 Å². The summed E-state index contributed by atoms with van der Waals surface area (Å²) in [5, 5.41) is 11.8. The standard InChI is InChI=1S/C34H44O4/c1-3-5-7-9-11-13-25-38-31-22-23-32(34(35)36)33(26-31)29-16-14-27(15-17-29)28-18-20-30(21-19-28)37-24-12-10-8-6-4-2/h14-23,26H,3-13,24-25H2,1-2H3,(H,35,36)/p-1. The Bertz CT molecular complexity index is 1090. The first-order chi connectivity index (χ1) is 18.6. The summed E-state index contributed by atoms with van der Waals surface area (Å²) in [6, 6.07) is 21.2. The Morgan fingerprint density at radius 2 is 1.03 bits per heavy atom. The molecule has 38 heavy (non-hydrogen) atoms. The minimum Gasteiger partial charge on any atom is -0.545 e. The number of hydrogen-bond acceptors (Lipinski definition) is 4. The average Bonchev–Trinajstić information content (AvgIpc) is 2.94. The van der Waals surface area contributed by atoms with E-state index in [9.17, 15) is 9.90 Å². The summed E-state index contributed by atoms with van der Waals surface area (Å²) >= 11 is 0. The van der Waals surface area contributed by atoms with E-state index in [-0.39, 0.29) is 5.56 Å². The molecule has 204 valence electrons. The van der Waals surface area contributed by atoms with Gasteiger partial charge in [0.2, 0.25) is 0 Å². The minimum absolute atomic E-state index is 0.167. The van der Waals surface area contributed by atoms with E-state index < -0.39 is 5.97 Å². The smallest absolute Gasteiger partial charge is 0.119 e. The quantitative estimate of drug-likeness (QED) is 0.159. The molecule has 0 amide bonds. The molecule has 0 N–H and O–H groups in total. The molecule has 3 aromatic rings. The number of carboxylic acids is 1. The second-order valence-corrected chi connectivity index (χ2v) is 9.98. The fourth-order valence-electron chi connectivity index (χ4n) is 4.58. The maximum atomic E-state index is 11.8. The van der Waals surface area contributed by atoms with E-state index in [1.807, 2.05) is 42.5 Å². The van der Waals surface area contributed by atoms with Crippen molar-refractivity contribution in [1.82, 2.24) is 0 Å². The van der Waals surface area contributed by atoms with Gasteiger partial charge in [-0.2, -0.15) is 0 Å². The van der Waals surface area contributed by atoms with E-state index in [4.69, 9.17) is 9.47 Å². The molecule has 0 aliphatic rings. The summed E-state index contributed by atoms with van der Waals surface area (Å²) in [5.41, 5.74) is 3.75. The van der Waals surface area contributed by atoms with Gasteiger partial charge in [0, 0.05) is 5.56 Å². The molecule has 0 spiro atoms. The number of carbonyl (C=O) groups excluding carboxylic acids is 1. The molecule has 0 radical (unpaired) electrons. The third kappa shape index (κ3) is 9.55. The third-order valence-electron chi connectivity index (χ3n) is 6.88. The first-order valence-electron chi connectivity index (χ1n) is 14.4. The Hall–Kier alpha value is -3.27. The molecule has 0 fully saturated rings. The molecule has 0 saturated carbocycles. The van der Waals surface area contributed by atoms with Gasteiger partial charge < -0.3 is 19.4 Å². The summed E-state index contributed by atoms with van der Waals surface area (Å²) in [5.74, 6) is 0.383. The fourth-order valence-corrected chi connectivity index (χ4v) is 4.58. The Morgan fingerprint density at radius 1 is 0.579 bits per heavy atom. The topological polar surface area (TPSA) is 58.6 Å². The second-order valence-electron chi connectivity index (χ2n) is 9.98. The van der Waals surface area contributed by atoms with Crippen molar-refractivity contribution in [1.29, 1.82) is 0 Å². The SMILES string of the molecule is CCCCCCCCOc1ccc(C(=O)[O-])c(-c2ccc(-c3ccc(OCCCCCCC)cc3)cc2)c1. The monoisotopic (exact) mass is 515 g/mol. The predicted molar refractivity (Wildman–Crippen MR) is 155 cm³/mol. The molecule has 0 aliphatic carbocycles. The van der Waals surface area contributed by atoms with Gasteiger partial charge in [-0.3, -0.25) is 0 Å². The Labute approximate surface area is 229 Å². The van der Waals surface area contributed by atoms with Crippen LogP contribution in [0.25, 0.3) is 22.3 Å². The van der Waals surface area contributed by atoms with Crippen molar-refractivity contribution in [3.8, 4) is 33.8 Å². The highest BCUT2D eigenvalue weighted by atomic mass is 16.5. The lowest BCUT2D eigenvalue weighted by molar-refractivity contribution is -0.254. The zero-order chi connectivity index (χ0) is 27.0. The van der Waals surface area contributed by atoms with Crippen molar-refractivity contribution in [2.45, 2.75) is 84.5 Å². The van der Waals surface area contributed by atoms with Crippen molar-refractivity contribution in [3.63, 3.8) is 0 Å². The number of benzene rings is 3. The van der Waals surface area contributed by atoms with Crippen LogP contribution in [0, 0.1) is 0 Å². The van der Waals surface area contributed by atoms with Crippen LogP contribution in [-0.4, -0.2) is 19.2 Å². The number of rotatable bonds is 18. The van der Waals surface area contributed by atoms with Gasteiger partial charge in [0.15, 0.2) is 0 Å². The van der Waals surface area contributed by atoms with Crippen LogP contribution in [0.3, 0.4) is 0 Å². The summed E-state index contributed by atoms with van der Waals surface area (Å²) in [4.78, 5) is 11.8. The lowest BCUT2D eigenvalue weighted by Gasteiger charge is -2.14. The Kier molecular flexibility index (Phi) is 12.8. The normalized spacial score (nSPS) is 10.9. The van der Waals surface area contributed by atoms with Crippen LogP contribution in [0.5, 0.6) is 11.5 Å². The van der Waals surface area contributed by atoms with Gasteiger partial charge in [0.05, 0.1) is 19.2 Å². The first-order valence-corrected chi connectivity index (χ1v) is 14.4. The first kappa shape index (κ1) is 29.3. The van der Waals surface area contributed by atoms with Crippen molar-refractivity contribution in [3.05, 3.63) is 72.3 Å². The van der Waals surface area contributed by atoms with Gasteiger partial charge in [0.25, 0.3) is 0 Å². The highest BCUT2D eigenvalue weighted by Gasteiger charge is 2.10. The maximum Gasteiger partial charge on any atom is 0.119 e. The number of carbonyl (C=O) groups is 1. The third-order valence-corrected chi connectivity index (χ3v) is 6.88. The van der Waals surface area contributed by atoms with Crippen LogP contribution in [0.4, 0.5) is 0 Å². The summed E-state index contributed by atoms with van der Waals surface area (Å²) in [6.45, 7) is 5.82. The van der Waals surface area contributed by atoms with Gasteiger partial charge in [-0.15, -0.1) is 0 Å². The fraction of sp³-hybridized carbons (Fsp3) is 0.441. The zero-order valence-electron chi connectivity index (χ0n) is 23.2. The molecule has 0 atom stereocenters. The van der Waals surface area contributed by atoms with E-state index in [2.05, 4.69) is 26.0 Å². The summed E-state index contributed by atoms with van der Waals surface area (Å²) < 4.78 is 11.8. The second kappa shape index (κ2) is 16.5. The average molecular weight is 516 g/mol. The van der Waals surface area contributed by atoms with Crippen molar-refractivity contribution < 1.29 is 19.4 Å². The Morgan fingerprint density at radius 3 is 1.58 bits per heavy atom. The molecule has 0 heterocycles. The molecule has 0 unspecified atom stereocenters. The van der Waals surface area contributed by atoms with E-state index in [1.54, 1.807) is 12.1 Å². The molecule has 0 saturated heterocycles. The maximum absolute atomic E-state index is 11.8. The number of hydrogen-bond donors (Lipinski definition) is 0. The summed E-state index contributed by atoms with van der Waals surface area (Å²) in [7, 11) is 0. The number of unbranched alkanes of at least 4 members (excludes halogenated alkanes) is 9. The minimum atomic E-state index is -1.19.